The number of para-hydroxylation sites is 3. The summed E-state index contributed by atoms with van der Waals surface area (Å²) in [7, 11) is -3.74. The Kier molecular flexibility index (Phi) is 5.19. The molecule has 2 aliphatic rings. The largest absolute Gasteiger partial charge is 0.392 e. The Morgan fingerprint density at radius 1 is 1.04 bits per heavy atom. The maximum absolute atomic E-state index is 14.4. The van der Waals surface area contributed by atoms with Crippen LogP contribution in [0.25, 0.3) is 0 Å². The second kappa shape index (κ2) is 7.49. The molecular weight excluding hydrogens is 388 g/mol. The van der Waals surface area contributed by atoms with Crippen LogP contribution in [0, 0.1) is 11.6 Å². The molecule has 0 saturated heterocycles. The van der Waals surface area contributed by atoms with E-state index in [9.17, 15) is 23.0 Å². The summed E-state index contributed by atoms with van der Waals surface area (Å²) in [6, 6.07) is 10.5. The Balaban J connectivity index is 1.61. The fourth-order valence-corrected chi connectivity index (χ4v) is 5.14. The van der Waals surface area contributed by atoms with E-state index in [2.05, 4.69) is 5.32 Å². The molecule has 2 aromatic carbocycles. The van der Waals surface area contributed by atoms with Gasteiger partial charge in [-0.2, -0.15) is 0 Å². The molecule has 1 saturated carbocycles. The van der Waals surface area contributed by atoms with Crippen LogP contribution in [-0.4, -0.2) is 39.4 Å². The molecule has 28 heavy (non-hydrogen) atoms. The van der Waals surface area contributed by atoms with Gasteiger partial charge in [0.15, 0.2) is 11.6 Å². The zero-order valence-corrected chi connectivity index (χ0v) is 15.9. The summed E-state index contributed by atoms with van der Waals surface area (Å²) in [6.45, 7) is 0.546. The van der Waals surface area contributed by atoms with Gasteiger partial charge in [0, 0.05) is 19.1 Å². The van der Waals surface area contributed by atoms with E-state index in [-0.39, 0.29) is 13.0 Å². The monoisotopic (exact) mass is 411 g/mol. The topological polar surface area (TPSA) is 79.2 Å². The summed E-state index contributed by atoms with van der Waals surface area (Å²) in [5.41, 5.74) is 0.248. The molecule has 1 aliphatic heterocycles. The van der Waals surface area contributed by atoms with Crippen molar-refractivity contribution in [3.8, 4) is 0 Å². The summed E-state index contributed by atoms with van der Waals surface area (Å²) < 4.78 is 52.9. The molecule has 4 rings (SSSR count). The normalized spacial score (nSPS) is 20.2. The van der Waals surface area contributed by atoms with E-state index in [0.29, 0.717) is 24.0 Å². The van der Waals surface area contributed by atoms with Crippen molar-refractivity contribution in [2.75, 3.05) is 21.7 Å². The molecule has 0 unspecified atom stereocenters. The van der Waals surface area contributed by atoms with Crippen LogP contribution in [0.15, 0.2) is 42.5 Å². The Bertz CT molecular complexity index is 846. The lowest BCUT2D eigenvalue weighted by Gasteiger charge is -2.44. The van der Waals surface area contributed by atoms with Crippen LogP contribution in [0.5, 0.6) is 0 Å². The van der Waals surface area contributed by atoms with E-state index >= 15 is 0 Å². The van der Waals surface area contributed by atoms with Crippen molar-refractivity contribution >= 4 is 28.0 Å². The minimum atomic E-state index is -3.74. The number of aliphatic hydroxyl groups excluding tert-OH is 1. The minimum Gasteiger partial charge on any atom is -0.392 e. The number of rotatable bonds is 7. The van der Waals surface area contributed by atoms with E-state index in [1.807, 2.05) is 0 Å². The zero-order valence-electron chi connectivity index (χ0n) is 15.1. The smallest absolute Gasteiger partial charge is 0.151 e. The fraction of sp³-hybridized carbons (Fsp3) is 0.368. The van der Waals surface area contributed by atoms with Gasteiger partial charge in [-0.3, -0.25) is 13.4 Å². The van der Waals surface area contributed by atoms with Gasteiger partial charge < -0.3 is 10.4 Å². The Morgan fingerprint density at radius 3 is 2.32 bits per heavy atom. The number of aliphatic hydroxyl groups is 1. The molecule has 0 amide bonds. The lowest BCUT2D eigenvalue weighted by atomic mass is 10.2. The van der Waals surface area contributed by atoms with E-state index in [1.54, 1.807) is 24.3 Å². The number of nitrogens with zero attached hydrogens (tertiary/aromatic N) is 2. The highest BCUT2D eigenvalue weighted by atomic mass is 32.3. The molecule has 6 nitrogen and oxygen atoms in total. The van der Waals surface area contributed by atoms with Crippen molar-refractivity contribution in [1.82, 2.24) is 5.32 Å². The van der Waals surface area contributed by atoms with E-state index in [0.717, 1.165) is 29.3 Å². The zero-order chi connectivity index (χ0) is 19.9. The van der Waals surface area contributed by atoms with Crippen LogP contribution in [0.1, 0.15) is 19.3 Å². The highest BCUT2D eigenvalue weighted by Gasteiger charge is 2.43. The minimum absolute atomic E-state index is 0.124. The van der Waals surface area contributed by atoms with Gasteiger partial charge in [0.1, 0.15) is 5.69 Å². The van der Waals surface area contributed by atoms with Gasteiger partial charge >= 0.3 is 0 Å². The molecule has 0 bridgehead atoms. The Hall–Kier alpha value is -1.91. The molecule has 1 aliphatic carbocycles. The maximum atomic E-state index is 14.4. The van der Waals surface area contributed by atoms with Crippen LogP contribution < -0.4 is 13.9 Å². The highest BCUT2D eigenvalue weighted by Crippen LogP contribution is 2.64. The highest BCUT2D eigenvalue weighted by molar-refractivity contribution is 8.27. The van der Waals surface area contributed by atoms with Crippen LogP contribution in [0.4, 0.5) is 25.8 Å². The SMILES string of the molecule is O[C@@H](CCN1c2ccccc2N(c2c(F)cccc2F)S1(O)O)CNC1CC1. The first-order valence-electron chi connectivity index (χ1n) is 9.20. The summed E-state index contributed by atoms with van der Waals surface area (Å²) in [6.07, 6.45) is 1.82. The van der Waals surface area contributed by atoms with Crippen molar-refractivity contribution in [3.05, 3.63) is 54.1 Å². The molecule has 0 aromatic heterocycles. The van der Waals surface area contributed by atoms with Gasteiger partial charge in [0.25, 0.3) is 0 Å². The van der Waals surface area contributed by atoms with Gasteiger partial charge in [-0.15, -0.1) is 0 Å². The molecule has 1 fully saturated rings. The summed E-state index contributed by atoms with van der Waals surface area (Å²) in [4.78, 5) is 0. The van der Waals surface area contributed by atoms with Crippen molar-refractivity contribution in [1.29, 1.82) is 0 Å². The van der Waals surface area contributed by atoms with E-state index in [4.69, 9.17) is 0 Å². The number of hydrogen-bond acceptors (Lipinski definition) is 6. The molecule has 2 aromatic rings. The molecule has 152 valence electrons. The standard InChI is InChI=1S/C19H23F2N3O3S/c20-15-4-3-5-16(21)19(15)24-18-7-2-1-6-17(18)23(28(24,26)27)11-10-14(25)12-22-13-8-9-13/h1-7,13-14,22,25-27H,8-12H2/t14-/m0/s1. The van der Waals surface area contributed by atoms with E-state index < -0.39 is 34.4 Å². The van der Waals surface area contributed by atoms with Crippen LogP contribution >= 0.6 is 11.0 Å². The maximum Gasteiger partial charge on any atom is 0.151 e. The van der Waals surface area contributed by atoms with E-state index in [1.165, 1.54) is 10.4 Å². The Labute approximate surface area is 164 Å². The first-order chi connectivity index (χ1) is 13.4. The van der Waals surface area contributed by atoms with Crippen LogP contribution in [0.3, 0.4) is 0 Å². The van der Waals surface area contributed by atoms with Gasteiger partial charge in [0.2, 0.25) is 0 Å². The van der Waals surface area contributed by atoms with Gasteiger partial charge in [-0.05, 0) is 54.5 Å². The summed E-state index contributed by atoms with van der Waals surface area (Å²) >= 11 is 0. The molecular formula is C19H23F2N3O3S. The van der Waals surface area contributed by atoms with Gasteiger partial charge in [-0.25, -0.2) is 13.1 Å². The van der Waals surface area contributed by atoms with Gasteiger partial charge in [-0.1, -0.05) is 18.2 Å². The molecule has 0 radical (unpaired) electrons. The number of fused-ring (bicyclic) bond motifs is 1. The van der Waals surface area contributed by atoms with Crippen molar-refractivity contribution in [2.45, 2.75) is 31.4 Å². The first kappa shape index (κ1) is 19.4. The molecule has 9 heteroatoms. The number of benzene rings is 2. The second-order valence-corrected chi connectivity index (χ2v) is 8.86. The fourth-order valence-electron chi connectivity index (χ4n) is 3.34. The summed E-state index contributed by atoms with van der Waals surface area (Å²) in [5, 5.41) is 13.4. The number of anilines is 3. The average molecular weight is 411 g/mol. The quantitative estimate of drug-likeness (QED) is 0.552. The average Bonchev–Trinajstić information content (AvgIpc) is 3.45. The van der Waals surface area contributed by atoms with Crippen LogP contribution in [0.2, 0.25) is 0 Å². The molecule has 1 heterocycles. The predicted octanol–water partition coefficient (Wildman–Crippen LogP) is 4.01. The first-order valence-corrected chi connectivity index (χ1v) is 10.7. The molecule has 4 N–H and O–H groups in total. The van der Waals surface area contributed by atoms with Crippen molar-refractivity contribution in [2.24, 2.45) is 0 Å². The molecule has 1 atom stereocenters. The third-order valence-electron chi connectivity index (χ3n) is 4.94. The number of nitrogens with one attached hydrogen (secondary N) is 1. The lowest BCUT2D eigenvalue weighted by Crippen LogP contribution is -2.36. The van der Waals surface area contributed by atoms with Crippen LogP contribution in [-0.2, 0) is 0 Å². The Morgan fingerprint density at radius 2 is 1.68 bits per heavy atom. The predicted molar refractivity (Wildman–Crippen MR) is 107 cm³/mol. The second-order valence-electron chi connectivity index (χ2n) is 7.07. The number of hydrogen-bond donors (Lipinski definition) is 4. The van der Waals surface area contributed by atoms with Crippen molar-refractivity contribution in [3.63, 3.8) is 0 Å². The third kappa shape index (κ3) is 3.56. The third-order valence-corrected chi connectivity index (χ3v) is 6.78. The van der Waals surface area contributed by atoms with Gasteiger partial charge in [0.05, 0.1) is 17.5 Å². The summed E-state index contributed by atoms with van der Waals surface area (Å²) in [5.74, 6) is -1.77. The lowest BCUT2D eigenvalue weighted by molar-refractivity contribution is 0.164. The number of halogens is 2. The molecule has 0 spiro atoms. The van der Waals surface area contributed by atoms with Crippen molar-refractivity contribution < 1.29 is 23.0 Å².